The lowest BCUT2D eigenvalue weighted by Gasteiger charge is -2.32. The summed E-state index contributed by atoms with van der Waals surface area (Å²) in [6.45, 7) is 7.84. The van der Waals surface area contributed by atoms with Gasteiger partial charge in [-0.1, -0.05) is 6.58 Å². The first-order valence-corrected chi connectivity index (χ1v) is 4.77. The van der Waals surface area contributed by atoms with E-state index in [-0.39, 0.29) is 11.8 Å². The van der Waals surface area contributed by atoms with E-state index in [1.54, 1.807) is 7.05 Å². The fourth-order valence-electron chi connectivity index (χ4n) is 1.73. The third-order valence-corrected chi connectivity index (χ3v) is 2.65. The maximum absolute atomic E-state index is 11.3. The van der Waals surface area contributed by atoms with Crippen LogP contribution in [0.5, 0.6) is 0 Å². The Labute approximate surface area is 79.8 Å². The molecule has 1 amide bonds. The Kier molecular flexibility index (Phi) is 3.34. The summed E-state index contributed by atoms with van der Waals surface area (Å²) < 4.78 is 0. The predicted octanol–water partition coefficient (Wildman–Crippen LogP) is 0.978. The number of carbonyl (C=O) groups excluding carboxylic acids is 1. The van der Waals surface area contributed by atoms with Gasteiger partial charge in [0.25, 0.3) is 0 Å². The fraction of sp³-hybridized carbons (Fsp3) is 0.700. The standard InChI is InChI=1S/C10H18N2O/c1-8(2)12-6-4-9(5-7-12)10(13)11-3/h9H,1,4-7H2,2-3H3,(H,11,13). The number of nitrogens with one attached hydrogen (secondary N) is 1. The van der Waals surface area contributed by atoms with E-state index in [1.165, 1.54) is 0 Å². The van der Waals surface area contributed by atoms with Gasteiger partial charge in [-0.3, -0.25) is 4.79 Å². The topological polar surface area (TPSA) is 32.3 Å². The SMILES string of the molecule is C=C(C)N1CCC(C(=O)NC)CC1. The zero-order valence-corrected chi connectivity index (χ0v) is 8.47. The molecule has 0 atom stereocenters. The van der Waals surface area contributed by atoms with E-state index in [1.807, 2.05) is 6.92 Å². The summed E-state index contributed by atoms with van der Waals surface area (Å²) in [7, 11) is 1.70. The Morgan fingerprint density at radius 1 is 1.46 bits per heavy atom. The van der Waals surface area contributed by atoms with Gasteiger partial charge in [0.2, 0.25) is 5.91 Å². The maximum atomic E-state index is 11.3. The Balaban J connectivity index is 2.39. The molecular formula is C10H18N2O. The lowest BCUT2D eigenvalue weighted by atomic mass is 9.96. The van der Waals surface area contributed by atoms with E-state index in [4.69, 9.17) is 0 Å². The van der Waals surface area contributed by atoms with Crippen molar-refractivity contribution >= 4 is 5.91 Å². The normalized spacial score (nSPS) is 18.5. The van der Waals surface area contributed by atoms with Crippen LogP contribution in [-0.4, -0.2) is 30.9 Å². The molecule has 0 radical (unpaired) electrons. The van der Waals surface area contributed by atoms with Gasteiger partial charge < -0.3 is 10.2 Å². The zero-order valence-electron chi connectivity index (χ0n) is 8.47. The van der Waals surface area contributed by atoms with Crippen LogP contribution in [-0.2, 0) is 4.79 Å². The molecular weight excluding hydrogens is 164 g/mol. The summed E-state index contributed by atoms with van der Waals surface area (Å²) in [5.41, 5.74) is 1.11. The first kappa shape index (κ1) is 10.1. The fourth-order valence-corrected chi connectivity index (χ4v) is 1.73. The highest BCUT2D eigenvalue weighted by Crippen LogP contribution is 2.19. The van der Waals surface area contributed by atoms with Crippen LogP contribution >= 0.6 is 0 Å². The molecule has 0 aromatic rings. The lowest BCUT2D eigenvalue weighted by molar-refractivity contribution is -0.125. The van der Waals surface area contributed by atoms with Crippen molar-refractivity contribution in [2.45, 2.75) is 19.8 Å². The Morgan fingerprint density at radius 2 is 2.00 bits per heavy atom. The van der Waals surface area contributed by atoms with Crippen LogP contribution in [0.3, 0.4) is 0 Å². The summed E-state index contributed by atoms with van der Waals surface area (Å²) in [6.07, 6.45) is 1.90. The second kappa shape index (κ2) is 4.30. The molecule has 1 rings (SSSR count). The van der Waals surface area contributed by atoms with Gasteiger partial charge >= 0.3 is 0 Å². The molecule has 3 heteroatoms. The second-order valence-electron chi connectivity index (χ2n) is 3.61. The first-order valence-electron chi connectivity index (χ1n) is 4.77. The van der Waals surface area contributed by atoms with Crippen molar-refractivity contribution < 1.29 is 4.79 Å². The minimum Gasteiger partial charge on any atom is -0.375 e. The van der Waals surface area contributed by atoms with Crippen LogP contribution in [0.15, 0.2) is 12.3 Å². The van der Waals surface area contributed by atoms with Crippen LogP contribution < -0.4 is 5.32 Å². The van der Waals surface area contributed by atoms with Gasteiger partial charge in [0.15, 0.2) is 0 Å². The van der Waals surface area contributed by atoms with Gasteiger partial charge in [-0.05, 0) is 19.8 Å². The highest BCUT2D eigenvalue weighted by molar-refractivity contribution is 5.78. The summed E-state index contributed by atoms with van der Waals surface area (Å²) in [6, 6.07) is 0. The quantitative estimate of drug-likeness (QED) is 0.690. The largest absolute Gasteiger partial charge is 0.375 e. The average molecular weight is 182 g/mol. The Hall–Kier alpha value is -0.990. The molecule has 0 aliphatic carbocycles. The van der Waals surface area contributed by atoms with Gasteiger partial charge in [-0.15, -0.1) is 0 Å². The Bertz CT molecular complexity index is 205. The monoisotopic (exact) mass is 182 g/mol. The van der Waals surface area contributed by atoms with E-state index < -0.39 is 0 Å². The lowest BCUT2D eigenvalue weighted by Crippen LogP contribution is -2.38. The molecule has 1 aliphatic heterocycles. The van der Waals surface area contributed by atoms with Gasteiger partial charge in [0, 0.05) is 31.8 Å². The third kappa shape index (κ3) is 2.47. The third-order valence-electron chi connectivity index (χ3n) is 2.65. The van der Waals surface area contributed by atoms with Gasteiger partial charge in [-0.25, -0.2) is 0 Å². The highest BCUT2D eigenvalue weighted by Gasteiger charge is 2.23. The summed E-state index contributed by atoms with van der Waals surface area (Å²) in [5, 5.41) is 2.70. The number of allylic oxidation sites excluding steroid dienone is 1. The van der Waals surface area contributed by atoms with Crippen LogP contribution in [0.4, 0.5) is 0 Å². The molecule has 1 heterocycles. The van der Waals surface area contributed by atoms with Crippen molar-refractivity contribution in [2.24, 2.45) is 5.92 Å². The molecule has 74 valence electrons. The molecule has 0 aromatic heterocycles. The van der Waals surface area contributed by atoms with Crippen LogP contribution in [0.2, 0.25) is 0 Å². The molecule has 0 aromatic carbocycles. The van der Waals surface area contributed by atoms with Gasteiger partial charge in [0.05, 0.1) is 0 Å². The number of piperidine rings is 1. The van der Waals surface area contributed by atoms with Gasteiger partial charge in [0.1, 0.15) is 0 Å². The molecule has 13 heavy (non-hydrogen) atoms. The molecule has 0 unspecified atom stereocenters. The van der Waals surface area contributed by atoms with E-state index in [0.717, 1.165) is 31.6 Å². The van der Waals surface area contributed by atoms with Crippen molar-refractivity contribution in [3.8, 4) is 0 Å². The summed E-state index contributed by atoms with van der Waals surface area (Å²) in [4.78, 5) is 13.5. The van der Waals surface area contributed by atoms with E-state index in [9.17, 15) is 4.79 Å². The summed E-state index contributed by atoms with van der Waals surface area (Å²) >= 11 is 0. The minimum atomic E-state index is 0.182. The predicted molar refractivity (Wildman–Crippen MR) is 53.2 cm³/mol. The number of nitrogens with zero attached hydrogens (tertiary/aromatic N) is 1. The van der Waals surface area contributed by atoms with E-state index in [2.05, 4.69) is 16.8 Å². The van der Waals surface area contributed by atoms with E-state index >= 15 is 0 Å². The number of hydrogen-bond acceptors (Lipinski definition) is 2. The van der Waals surface area contributed by atoms with Crippen molar-refractivity contribution in [1.29, 1.82) is 0 Å². The van der Waals surface area contributed by atoms with Crippen LogP contribution in [0.1, 0.15) is 19.8 Å². The Morgan fingerprint density at radius 3 is 2.38 bits per heavy atom. The van der Waals surface area contributed by atoms with Crippen LogP contribution in [0, 0.1) is 5.92 Å². The molecule has 1 saturated heterocycles. The van der Waals surface area contributed by atoms with Gasteiger partial charge in [-0.2, -0.15) is 0 Å². The number of likely N-dealkylation sites (tertiary alicyclic amines) is 1. The first-order chi connectivity index (χ1) is 6.15. The number of amides is 1. The average Bonchev–Trinajstić information content (AvgIpc) is 2.17. The highest BCUT2D eigenvalue weighted by atomic mass is 16.1. The van der Waals surface area contributed by atoms with Crippen molar-refractivity contribution in [3.05, 3.63) is 12.3 Å². The van der Waals surface area contributed by atoms with Crippen molar-refractivity contribution in [1.82, 2.24) is 10.2 Å². The summed E-state index contributed by atoms with van der Waals surface area (Å²) in [5.74, 6) is 0.391. The van der Waals surface area contributed by atoms with Crippen molar-refractivity contribution in [2.75, 3.05) is 20.1 Å². The molecule has 0 spiro atoms. The molecule has 1 fully saturated rings. The molecule has 0 bridgehead atoms. The number of carbonyl (C=O) groups is 1. The molecule has 0 saturated carbocycles. The zero-order chi connectivity index (χ0) is 9.84. The minimum absolute atomic E-state index is 0.182. The van der Waals surface area contributed by atoms with Crippen molar-refractivity contribution in [3.63, 3.8) is 0 Å². The number of hydrogen-bond donors (Lipinski definition) is 1. The molecule has 3 nitrogen and oxygen atoms in total. The van der Waals surface area contributed by atoms with E-state index in [0.29, 0.717) is 0 Å². The maximum Gasteiger partial charge on any atom is 0.222 e. The second-order valence-corrected chi connectivity index (χ2v) is 3.61. The number of rotatable bonds is 2. The smallest absolute Gasteiger partial charge is 0.222 e. The molecule has 1 N–H and O–H groups in total. The van der Waals surface area contributed by atoms with Crippen LogP contribution in [0.25, 0.3) is 0 Å². The molecule has 1 aliphatic rings.